The first-order chi connectivity index (χ1) is 6.36. The molecule has 1 fully saturated rings. The zero-order valence-electron chi connectivity index (χ0n) is 7.20. The molecule has 1 aromatic heterocycles. The average Bonchev–Trinajstić information content (AvgIpc) is 2.43. The van der Waals surface area contributed by atoms with Crippen LogP contribution in [0.25, 0.3) is 0 Å². The molecule has 0 amide bonds. The second-order valence-corrected chi connectivity index (χ2v) is 4.55. The maximum atomic E-state index is 5.38. The molecule has 2 heterocycles. The molecule has 0 radical (unpaired) electrons. The van der Waals surface area contributed by atoms with E-state index in [4.69, 9.17) is 4.74 Å². The normalized spacial score (nSPS) is 18.7. The van der Waals surface area contributed by atoms with Crippen LogP contribution < -0.4 is 4.90 Å². The molecular formula is C8H11BrN2OS. The molecule has 1 aliphatic heterocycles. The molecule has 0 aliphatic carbocycles. The van der Waals surface area contributed by atoms with Gasteiger partial charge in [0, 0.05) is 25.1 Å². The van der Waals surface area contributed by atoms with Crippen LogP contribution in [0.2, 0.25) is 0 Å². The molecule has 0 spiro atoms. The van der Waals surface area contributed by atoms with E-state index in [1.807, 2.05) is 5.38 Å². The first-order valence-corrected chi connectivity index (χ1v) is 5.97. The minimum atomic E-state index is 0.817. The largest absolute Gasteiger partial charge is 0.380 e. The summed E-state index contributed by atoms with van der Waals surface area (Å²) in [5, 5.41) is 3.11. The van der Waals surface area contributed by atoms with Crippen molar-refractivity contribution in [3.05, 3.63) is 9.98 Å². The van der Waals surface area contributed by atoms with Crippen molar-refractivity contribution >= 4 is 32.4 Å². The number of hydrogen-bond acceptors (Lipinski definition) is 4. The second-order valence-electron chi connectivity index (χ2n) is 2.91. The first kappa shape index (κ1) is 9.43. The molecular weight excluding hydrogens is 252 g/mol. The van der Waals surface area contributed by atoms with Crippen LogP contribution in [-0.2, 0) is 4.74 Å². The highest BCUT2D eigenvalue weighted by atomic mass is 79.9. The molecule has 2 rings (SSSR count). The highest BCUT2D eigenvalue weighted by molar-refractivity contribution is 9.10. The van der Waals surface area contributed by atoms with Gasteiger partial charge in [0.25, 0.3) is 0 Å². The van der Waals surface area contributed by atoms with Gasteiger partial charge < -0.3 is 9.64 Å². The van der Waals surface area contributed by atoms with Gasteiger partial charge in [-0.05, 0) is 22.4 Å². The highest BCUT2D eigenvalue weighted by Crippen LogP contribution is 2.24. The summed E-state index contributed by atoms with van der Waals surface area (Å²) in [6.45, 7) is 3.71. The van der Waals surface area contributed by atoms with E-state index < -0.39 is 0 Å². The van der Waals surface area contributed by atoms with Gasteiger partial charge in [-0.1, -0.05) is 0 Å². The molecule has 0 unspecified atom stereocenters. The minimum absolute atomic E-state index is 0.817. The fourth-order valence-corrected chi connectivity index (χ4v) is 2.63. The quantitative estimate of drug-likeness (QED) is 0.776. The molecule has 0 saturated carbocycles. The van der Waals surface area contributed by atoms with Crippen LogP contribution in [0.5, 0.6) is 0 Å². The SMILES string of the molecule is Brc1csc(N2CCCOCC2)n1. The van der Waals surface area contributed by atoms with E-state index in [1.165, 1.54) is 0 Å². The van der Waals surface area contributed by atoms with Gasteiger partial charge in [-0.3, -0.25) is 0 Å². The Morgan fingerprint density at radius 3 is 3.15 bits per heavy atom. The molecule has 1 aliphatic rings. The zero-order chi connectivity index (χ0) is 9.10. The van der Waals surface area contributed by atoms with Crippen molar-refractivity contribution < 1.29 is 4.74 Å². The van der Waals surface area contributed by atoms with Gasteiger partial charge in [-0.15, -0.1) is 11.3 Å². The minimum Gasteiger partial charge on any atom is -0.380 e. The summed E-state index contributed by atoms with van der Waals surface area (Å²) in [7, 11) is 0. The summed E-state index contributed by atoms with van der Waals surface area (Å²) in [5.41, 5.74) is 0. The van der Waals surface area contributed by atoms with E-state index in [2.05, 4.69) is 25.8 Å². The predicted molar refractivity (Wildman–Crippen MR) is 57.5 cm³/mol. The number of thiazole rings is 1. The van der Waals surface area contributed by atoms with Crippen molar-refractivity contribution in [2.75, 3.05) is 31.2 Å². The van der Waals surface area contributed by atoms with Gasteiger partial charge in [-0.2, -0.15) is 0 Å². The number of rotatable bonds is 1. The topological polar surface area (TPSA) is 25.4 Å². The van der Waals surface area contributed by atoms with Crippen LogP contribution in [-0.4, -0.2) is 31.3 Å². The maximum Gasteiger partial charge on any atom is 0.186 e. The number of hydrogen-bond donors (Lipinski definition) is 0. The average molecular weight is 263 g/mol. The van der Waals surface area contributed by atoms with Gasteiger partial charge in [-0.25, -0.2) is 4.98 Å². The Hall–Kier alpha value is -0.130. The van der Waals surface area contributed by atoms with Gasteiger partial charge in [0.05, 0.1) is 6.61 Å². The molecule has 0 N–H and O–H groups in total. The fourth-order valence-electron chi connectivity index (χ4n) is 1.33. The lowest BCUT2D eigenvalue weighted by atomic mass is 10.4. The summed E-state index contributed by atoms with van der Waals surface area (Å²) in [4.78, 5) is 6.66. The summed E-state index contributed by atoms with van der Waals surface area (Å²) >= 11 is 5.04. The highest BCUT2D eigenvalue weighted by Gasteiger charge is 2.12. The van der Waals surface area contributed by atoms with E-state index in [0.717, 1.165) is 42.5 Å². The van der Waals surface area contributed by atoms with Crippen LogP contribution in [0.15, 0.2) is 9.98 Å². The van der Waals surface area contributed by atoms with Crippen LogP contribution in [0.4, 0.5) is 5.13 Å². The van der Waals surface area contributed by atoms with Crippen molar-refractivity contribution in [2.24, 2.45) is 0 Å². The Bertz CT molecular complexity index is 271. The van der Waals surface area contributed by atoms with Gasteiger partial charge >= 0.3 is 0 Å². The Morgan fingerprint density at radius 2 is 2.38 bits per heavy atom. The van der Waals surface area contributed by atoms with E-state index in [1.54, 1.807) is 11.3 Å². The lowest BCUT2D eigenvalue weighted by Gasteiger charge is -2.17. The molecule has 72 valence electrons. The third kappa shape index (κ3) is 2.42. The third-order valence-corrected chi connectivity index (χ3v) is 3.57. The van der Waals surface area contributed by atoms with Gasteiger partial charge in [0.1, 0.15) is 4.60 Å². The van der Waals surface area contributed by atoms with Crippen molar-refractivity contribution in [2.45, 2.75) is 6.42 Å². The lowest BCUT2D eigenvalue weighted by molar-refractivity contribution is 0.152. The molecule has 0 aromatic carbocycles. The zero-order valence-corrected chi connectivity index (χ0v) is 9.60. The number of anilines is 1. The molecule has 5 heteroatoms. The monoisotopic (exact) mass is 262 g/mol. The number of aromatic nitrogens is 1. The Morgan fingerprint density at radius 1 is 1.46 bits per heavy atom. The van der Waals surface area contributed by atoms with Gasteiger partial charge in [0.2, 0.25) is 0 Å². The van der Waals surface area contributed by atoms with Crippen LogP contribution in [0.1, 0.15) is 6.42 Å². The molecule has 0 atom stereocenters. The van der Waals surface area contributed by atoms with E-state index in [-0.39, 0.29) is 0 Å². The summed E-state index contributed by atoms with van der Waals surface area (Å²) < 4.78 is 6.30. The molecule has 3 nitrogen and oxygen atoms in total. The van der Waals surface area contributed by atoms with E-state index in [0.29, 0.717) is 0 Å². The Balaban J connectivity index is 2.06. The maximum absolute atomic E-state index is 5.38. The molecule has 1 saturated heterocycles. The van der Waals surface area contributed by atoms with Crippen molar-refractivity contribution in [1.29, 1.82) is 0 Å². The van der Waals surface area contributed by atoms with Crippen LogP contribution >= 0.6 is 27.3 Å². The summed E-state index contributed by atoms with van der Waals surface area (Å²) in [6, 6.07) is 0. The second kappa shape index (κ2) is 4.39. The summed E-state index contributed by atoms with van der Waals surface area (Å²) in [5.74, 6) is 0. The van der Waals surface area contributed by atoms with Crippen molar-refractivity contribution in [3.8, 4) is 0 Å². The number of ether oxygens (including phenoxy) is 1. The molecule has 13 heavy (non-hydrogen) atoms. The van der Waals surface area contributed by atoms with E-state index >= 15 is 0 Å². The van der Waals surface area contributed by atoms with E-state index in [9.17, 15) is 0 Å². The van der Waals surface area contributed by atoms with Gasteiger partial charge in [0.15, 0.2) is 5.13 Å². The predicted octanol–water partition coefficient (Wildman–Crippen LogP) is 2.13. The van der Waals surface area contributed by atoms with Crippen LogP contribution in [0.3, 0.4) is 0 Å². The lowest BCUT2D eigenvalue weighted by Crippen LogP contribution is -2.25. The van der Waals surface area contributed by atoms with Crippen molar-refractivity contribution in [3.63, 3.8) is 0 Å². The van der Waals surface area contributed by atoms with Crippen molar-refractivity contribution in [1.82, 2.24) is 4.98 Å². The smallest absolute Gasteiger partial charge is 0.186 e. The first-order valence-electron chi connectivity index (χ1n) is 4.30. The molecule has 0 bridgehead atoms. The third-order valence-electron chi connectivity index (χ3n) is 1.96. The Kier molecular flexibility index (Phi) is 3.18. The Labute approximate surface area is 89.9 Å². The molecule has 1 aromatic rings. The number of halogens is 1. The standard InChI is InChI=1S/C8H11BrN2OS/c9-7-6-13-8(10-7)11-2-1-4-12-5-3-11/h6H,1-5H2. The fraction of sp³-hybridized carbons (Fsp3) is 0.625. The number of nitrogens with zero attached hydrogens (tertiary/aromatic N) is 2. The van der Waals surface area contributed by atoms with Crippen LogP contribution in [0, 0.1) is 0 Å². The summed E-state index contributed by atoms with van der Waals surface area (Å²) in [6.07, 6.45) is 1.09.